The molecule has 0 unspecified atom stereocenters. The molecule has 0 heterocycles. The van der Waals surface area contributed by atoms with Gasteiger partial charge in [0.1, 0.15) is 0 Å². The predicted molar refractivity (Wildman–Crippen MR) is 101 cm³/mol. The van der Waals surface area contributed by atoms with Crippen molar-refractivity contribution in [2.24, 2.45) is 10.9 Å². The van der Waals surface area contributed by atoms with Crippen LogP contribution in [0.5, 0.6) is 0 Å². The van der Waals surface area contributed by atoms with Gasteiger partial charge in [0.05, 0.1) is 10.6 Å². The molecule has 0 saturated carbocycles. The summed E-state index contributed by atoms with van der Waals surface area (Å²) in [5.74, 6) is 1.46. The fraction of sp³-hybridized carbons (Fsp3) is 0.611. The van der Waals surface area contributed by atoms with Crippen molar-refractivity contribution < 1.29 is 8.42 Å². The molecule has 6 heteroatoms. The molecule has 0 radical (unpaired) electrons. The maximum atomic E-state index is 12.2. The molecule has 0 aliphatic rings. The topological polar surface area (TPSA) is 70.6 Å². The third-order valence-electron chi connectivity index (χ3n) is 3.57. The Hall–Kier alpha value is -1.56. The van der Waals surface area contributed by atoms with E-state index in [4.69, 9.17) is 0 Å². The lowest BCUT2D eigenvalue weighted by atomic mass is 10.1. The molecule has 0 amide bonds. The van der Waals surface area contributed by atoms with Gasteiger partial charge >= 0.3 is 0 Å². The van der Waals surface area contributed by atoms with Gasteiger partial charge in [0.2, 0.25) is 0 Å². The van der Waals surface area contributed by atoms with Crippen LogP contribution in [0.2, 0.25) is 0 Å². The van der Waals surface area contributed by atoms with Crippen LogP contribution in [0.25, 0.3) is 0 Å². The lowest BCUT2D eigenvalue weighted by Gasteiger charge is -2.11. The van der Waals surface area contributed by atoms with Gasteiger partial charge in [-0.2, -0.15) is 0 Å². The van der Waals surface area contributed by atoms with Gasteiger partial charge < -0.3 is 10.6 Å². The Morgan fingerprint density at radius 2 is 1.83 bits per heavy atom. The summed E-state index contributed by atoms with van der Waals surface area (Å²) in [6.45, 7) is 8.30. The van der Waals surface area contributed by atoms with Crippen LogP contribution in [0.15, 0.2) is 40.2 Å². The van der Waals surface area contributed by atoms with Crippen LogP contribution in [-0.2, 0) is 9.84 Å². The molecular formula is C18H31N3O2S. The maximum absolute atomic E-state index is 12.2. The fourth-order valence-corrected chi connectivity index (χ4v) is 3.42. The Bertz CT molecular complexity index is 584. The summed E-state index contributed by atoms with van der Waals surface area (Å²) in [4.78, 5) is 4.87. The van der Waals surface area contributed by atoms with Gasteiger partial charge in [-0.3, -0.25) is 4.99 Å². The number of unbranched alkanes of at least 4 members (excludes halogenated alkanes) is 1. The Morgan fingerprint density at radius 1 is 1.12 bits per heavy atom. The van der Waals surface area contributed by atoms with Crippen molar-refractivity contribution in [1.29, 1.82) is 0 Å². The summed E-state index contributed by atoms with van der Waals surface area (Å²) in [7, 11) is -3.25. The smallest absolute Gasteiger partial charge is 0.191 e. The van der Waals surface area contributed by atoms with Crippen molar-refractivity contribution in [3.05, 3.63) is 30.3 Å². The lowest BCUT2D eigenvalue weighted by Crippen LogP contribution is -2.39. The highest BCUT2D eigenvalue weighted by Gasteiger charge is 2.13. The molecule has 0 saturated heterocycles. The lowest BCUT2D eigenvalue weighted by molar-refractivity contribution is 0.541. The minimum atomic E-state index is -3.25. The number of hydrogen-bond acceptors (Lipinski definition) is 3. The zero-order valence-electron chi connectivity index (χ0n) is 15.1. The summed E-state index contributed by atoms with van der Waals surface area (Å²) >= 11 is 0. The van der Waals surface area contributed by atoms with E-state index < -0.39 is 9.84 Å². The Balaban J connectivity index is 2.43. The molecular weight excluding hydrogens is 322 g/mol. The minimum absolute atomic E-state index is 0.0504. The molecule has 0 aliphatic heterocycles. The molecule has 0 fully saturated rings. The molecule has 1 aromatic carbocycles. The van der Waals surface area contributed by atoms with Crippen molar-refractivity contribution in [3.8, 4) is 0 Å². The van der Waals surface area contributed by atoms with E-state index in [9.17, 15) is 8.42 Å². The van der Waals surface area contributed by atoms with Crippen LogP contribution in [0.3, 0.4) is 0 Å². The maximum Gasteiger partial charge on any atom is 0.191 e. The fourth-order valence-electron chi connectivity index (χ4n) is 2.25. The van der Waals surface area contributed by atoms with E-state index in [1.165, 1.54) is 12.8 Å². The first-order chi connectivity index (χ1) is 11.5. The number of rotatable bonds is 10. The van der Waals surface area contributed by atoms with Crippen molar-refractivity contribution in [2.45, 2.75) is 44.9 Å². The zero-order chi connectivity index (χ0) is 17.8. The third-order valence-corrected chi connectivity index (χ3v) is 5.30. The molecule has 0 bridgehead atoms. The van der Waals surface area contributed by atoms with Gasteiger partial charge in [-0.05, 0) is 31.4 Å². The standard InChI is InChI=1S/C18H31N3O2S/c1-4-19-18(20-13-9-8-10-16(2)3)21-14-15-24(22,23)17-11-6-5-7-12-17/h5-7,11-12,16H,4,8-10,13-15H2,1-3H3,(H2,19,20,21). The van der Waals surface area contributed by atoms with Crippen LogP contribution < -0.4 is 10.6 Å². The number of aliphatic imine (C=N–C) groups is 1. The van der Waals surface area contributed by atoms with E-state index in [0.717, 1.165) is 25.4 Å². The van der Waals surface area contributed by atoms with E-state index in [1.54, 1.807) is 24.3 Å². The van der Waals surface area contributed by atoms with Crippen LogP contribution in [0.1, 0.15) is 40.0 Å². The van der Waals surface area contributed by atoms with Crippen molar-refractivity contribution in [3.63, 3.8) is 0 Å². The molecule has 136 valence electrons. The van der Waals surface area contributed by atoms with Gasteiger partial charge in [0, 0.05) is 19.6 Å². The average Bonchev–Trinajstić information content (AvgIpc) is 2.55. The molecule has 0 spiro atoms. The summed E-state index contributed by atoms with van der Waals surface area (Å²) in [6.07, 6.45) is 3.44. The second-order valence-electron chi connectivity index (χ2n) is 6.21. The van der Waals surface area contributed by atoms with Gasteiger partial charge in [-0.15, -0.1) is 0 Å². The van der Waals surface area contributed by atoms with Gasteiger partial charge in [-0.1, -0.05) is 44.9 Å². The first-order valence-corrected chi connectivity index (χ1v) is 10.4. The van der Waals surface area contributed by atoms with Crippen molar-refractivity contribution >= 4 is 15.8 Å². The summed E-state index contributed by atoms with van der Waals surface area (Å²) in [5.41, 5.74) is 0. The van der Waals surface area contributed by atoms with Crippen molar-refractivity contribution in [1.82, 2.24) is 10.6 Å². The summed E-state index contributed by atoms with van der Waals surface area (Å²) in [6, 6.07) is 8.55. The zero-order valence-corrected chi connectivity index (χ0v) is 15.9. The normalized spacial score (nSPS) is 12.4. The highest BCUT2D eigenvalue weighted by molar-refractivity contribution is 7.91. The van der Waals surface area contributed by atoms with Crippen molar-refractivity contribution in [2.75, 3.05) is 25.4 Å². The molecule has 0 atom stereocenters. The number of nitrogens with one attached hydrogen (secondary N) is 2. The van der Waals surface area contributed by atoms with Gasteiger partial charge in [0.25, 0.3) is 0 Å². The molecule has 5 nitrogen and oxygen atoms in total. The van der Waals surface area contributed by atoms with E-state index >= 15 is 0 Å². The quantitative estimate of drug-likeness (QED) is 0.385. The highest BCUT2D eigenvalue weighted by atomic mass is 32.2. The SMILES string of the molecule is CCNC(=NCCCCC(C)C)NCCS(=O)(=O)c1ccccc1. The Kier molecular flexibility index (Phi) is 9.45. The monoisotopic (exact) mass is 353 g/mol. The van der Waals surface area contributed by atoms with Crippen LogP contribution in [-0.4, -0.2) is 39.8 Å². The number of benzene rings is 1. The number of hydrogen-bond donors (Lipinski definition) is 2. The largest absolute Gasteiger partial charge is 0.357 e. The second-order valence-corrected chi connectivity index (χ2v) is 8.32. The minimum Gasteiger partial charge on any atom is -0.357 e. The van der Waals surface area contributed by atoms with Crippen LogP contribution in [0, 0.1) is 5.92 Å². The molecule has 2 N–H and O–H groups in total. The molecule has 1 aromatic rings. The number of guanidine groups is 1. The molecule has 0 aromatic heterocycles. The van der Waals surface area contributed by atoms with Gasteiger partial charge in [0.15, 0.2) is 15.8 Å². The Labute approximate surface area is 146 Å². The van der Waals surface area contributed by atoms with E-state index in [1.807, 2.05) is 13.0 Å². The number of nitrogens with zero attached hydrogens (tertiary/aromatic N) is 1. The van der Waals surface area contributed by atoms with Gasteiger partial charge in [-0.25, -0.2) is 8.42 Å². The highest BCUT2D eigenvalue weighted by Crippen LogP contribution is 2.09. The number of sulfone groups is 1. The first kappa shape index (κ1) is 20.5. The summed E-state index contributed by atoms with van der Waals surface area (Å²) < 4.78 is 24.5. The first-order valence-electron chi connectivity index (χ1n) is 8.75. The predicted octanol–water partition coefficient (Wildman–Crippen LogP) is 2.84. The van der Waals surface area contributed by atoms with E-state index in [0.29, 0.717) is 17.4 Å². The molecule has 0 aliphatic carbocycles. The van der Waals surface area contributed by atoms with E-state index in [-0.39, 0.29) is 5.75 Å². The van der Waals surface area contributed by atoms with E-state index in [2.05, 4.69) is 29.5 Å². The third kappa shape index (κ3) is 8.34. The average molecular weight is 354 g/mol. The molecule has 24 heavy (non-hydrogen) atoms. The second kappa shape index (κ2) is 11.1. The van der Waals surface area contributed by atoms with Crippen LogP contribution in [0.4, 0.5) is 0 Å². The molecule has 1 rings (SSSR count). The van der Waals surface area contributed by atoms with Crippen LogP contribution >= 0.6 is 0 Å². The summed E-state index contributed by atoms with van der Waals surface area (Å²) in [5, 5.41) is 6.26. The Morgan fingerprint density at radius 3 is 2.46 bits per heavy atom.